The van der Waals surface area contributed by atoms with Crippen LogP contribution in [-0.2, 0) is 0 Å². The van der Waals surface area contributed by atoms with E-state index in [1.54, 1.807) is 18.2 Å². The van der Waals surface area contributed by atoms with E-state index in [-0.39, 0.29) is 11.8 Å². The molecule has 0 amide bonds. The Hall–Kier alpha value is -1.53. The molecule has 0 spiro atoms. The lowest BCUT2D eigenvalue weighted by atomic mass is 10.1. The number of benzene rings is 1. The fourth-order valence-corrected chi connectivity index (χ4v) is 1.65. The van der Waals surface area contributed by atoms with Gasteiger partial charge in [-0.15, -0.1) is 0 Å². The van der Waals surface area contributed by atoms with Gasteiger partial charge < -0.3 is 5.11 Å². The van der Waals surface area contributed by atoms with Gasteiger partial charge in [-0.1, -0.05) is 26.0 Å². The minimum Gasteiger partial charge on any atom is -0.508 e. The summed E-state index contributed by atoms with van der Waals surface area (Å²) >= 11 is 0. The Kier molecular flexibility index (Phi) is 4.14. The predicted octanol–water partition coefficient (Wildman–Crippen LogP) is 2.30. The third-order valence-corrected chi connectivity index (χ3v) is 2.49. The Morgan fingerprint density at radius 1 is 1.40 bits per heavy atom. The highest BCUT2D eigenvalue weighted by Gasteiger charge is 2.16. The summed E-state index contributed by atoms with van der Waals surface area (Å²) in [6, 6.07) is 8.88. The van der Waals surface area contributed by atoms with Gasteiger partial charge in [0.15, 0.2) is 0 Å². The topological polar surface area (TPSA) is 47.3 Å². The zero-order valence-corrected chi connectivity index (χ0v) is 9.14. The monoisotopic (exact) mass is 204 g/mol. The molecule has 80 valence electrons. The number of hydrogen-bond donors (Lipinski definition) is 1. The van der Waals surface area contributed by atoms with Crippen molar-refractivity contribution in [2.24, 2.45) is 0 Å². The zero-order chi connectivity index (χ0) is 11.3. The Balaban J connectivity index is 2.97. The minimum absolute atomic E-state index is 0.208. The van der Waals surface area contributed by atoms with E-state index >= 15 is 0 Å². The summed E-state index contributed by atoms with van der Waals surface area (Å²) in [6.45, 7) is 5.70. The first kappa shape index (κ1) is 11.5. The summed E-state index contributed by atoms with van der Waals surface area (Å²) in [5.41, 5.74) is 0.848. The molecule has 1 aromatic rings. The highest BCUT2D eigenvalue weighted by atomic mass is 16.3. The molecule has 15 heavy (non-hydrogen) atoms. The van der Waals surface area contributed by atoms with Crippen LogP contribution in [0.1, 0.15) is 25.5 Å². The van der Waals surface area contributed by atoms with E-state index in [0.717, 1.165) is 18.7 Å². The molecule has 0 fully saturated rings. The van der Waals surface area contributed by atoms with Gasteiger partial charge in [0.1, 0.15) is 11.8 Å². The third kappa shape index (κ3) is 2.71. The van der Waals surface area contributed by atoms with Crippen molar-refractivity contribution < 1.29 is 5.11 Å². The number of phenols is 1. The van der Waals surface area contributed by atoms with Crippen LogP contribution in [0, 0.1) is 11.3 Å². The van der Waals surface area contributed by atoms with E-state index in [1.807, 2.05) is 19.9 Å². The largest absolute Gasteiger partial charge is 0.508 e. The van der Waals surface area contributed by atoms with E-state index in [1.165, 1.54) is 0 Å². The highest BCUT2D eigenvalue weighted by Crippen LogP contribution is 2.22. The van der Waals surface area contributed by atoms with E-state index < -0.39 is 0 Å². The van der Waals surface area contributed by atoms with Crippen molar-refractivity contribution in [2.45, 2.75) is 19.9 Å². The maximum atomic E-state index is 9.36. The lowest BCUT2D eigenvalue weighted by Gasteiger charge is -2.24. The molecule has 0 heterocycles. The fraction of sp³-hybridized carbons (Fsp3) is 0.417. The van der Waals surface area contributed by atoms with Crippen LogP contribution in [0.5, 0.6) is 5.75 Å². The van der Waals surface area contributed by atoms with Gasteiger partial charge >= 0.3 is 0 Å². The molecule has 0 bridgehead atoms. The molecule has 0 aromatic heterocycles. The minimum atomic E-state index is -0.271. The van der Waals surface area contributed by atoms with Crippen LogP contribution in [0.15, 0.2) is 24.3 Å². The Morgan fingerprint density at radius 2 is 2.07 bits per heavy atom. The number of nitriles is 1. The van der Waals surface area contributed by atoms with Crippen molar-refractivity contribution in [3.8, 4) is 11.8 Å². The summed E-state index contributed by atoms with van der Waals surface area (Å²) in [4.78, 5) is 2.05. The molecular formula is C12H16N2O. The smallest absolute Gasteiger partial charge is 0.123 e. The lowest BCUT2D eigenvalue weighted by molar-refractivity contribution is 0.262. The predicted molar refractivity (Wildman–Crippen MR) is 59.4 cm³/mol. The molecule has 0 radical (unpaired) electrons. The summed E-state index contributed by atoms with van der Waals surface area (Å²) in [5.74, 6) is 0.208. The van der Waals surface area contributed by atoms with Gasteiger partial charge in [-0.2, -0.15) is 5.26 Å². The molecular weight excluding hydrogens is 188 g/mol. The summed E-state index contributed by atoms with van der Waals surface area (Å²) in [7, 11) is 0. The molecule has 1 unspecified atom stereocenters. The second-order valence-electron chi connectivity index (χ2n) is 3.35. The molecule has 1 aromatic carbocycles. The van der Waals surface area contributed by atoms with E-state index in [9.17, 15) is 5.11 Å². The summed E-state index contributed by atoms with van der Waals surface area (Å²) < 4.78 is 0. The summed E-state index contributed by atoms with van der Waals surface area (Å²) in [6.07, 6.45) is 0. The molecule has 0 aliphatic rings. The van der Waals surface area contributed by atoms with Crippen LogP contribution >= 0.6 is 0 Å². The Labute approximate surface area is 90.6 Å². The van der Waals surface area contributed by atoms with Crippen LogP contribution in [0.25, 0.3) is 0 Å². The molecule has 1 N–H and O–H groups in total. The molecule has 3 heteroatoms. The van der Waals surface area contributed by atoms with Crippen LogP contribution < -0.4 is 0 Å². The Bertz CT molecular complexity index is 353. The van der Waals surface area contributed by atoms with Crippen molar-refractivity contribution >= 4 is 0 Å². The Morgan fingerprint density at radius 3 is 2.53 bits per heavy atom. The van der Waals surface area contributed by atoms with Crippen molar-refractivity contribution in [3.63, 3.8) is 0 Å². The second-order valence-corrected chi connectivity index (χ2v) is 3.35. The van der Waals surface area contributed by atoms with E-state index in [2.05, 4.69) is 11.0 Å². The molecule has 0 saturated heterocycles. The maximum absolute atomic E-state index is 9.36. The molecule has 1 rings (SSSR count). The van der Waals surface area contributed by atoms with Crippen molar-refractivity contribution in [1.29, 1.82) is 5.26 Å². The number of nitrogens with zero attached hydrogens (tertiary/aromatic N) is 2. The fourth-order valence-electron chi connectivity index (χ4n) is 1.65. The average Bonchev–Trinajstić information content (AvgIpc) is 2.25. The van der Waals surface area contributed by atoms with Crippen LogP contribution in [0.2, 0.25) is 0 Å². The zero-order valence-electron chi connectivity index (χ0n) is 9.14. The van der Waals surface area contributed by atoms with Crippen molar-refractivity contribution in [3.05, 3.63) is 29.8 Å². The number of aromatic hydroxyl groups is 1. The van der Waals surface area contributed by atoms with Gasteiger partial charge in [0, 0.05) is 0 Å². The van der Waals surface area contributed by atoms with Crippen LogP contribution in [0.3, 0.4) is 0 Å². The number of rotatable bonds is 4. The SMILES string of the molecule is CCN(CC)C(C#N)c1cccc(O)c1. The van der Waals surface area contributed by atoms with Gasteiger partial charge in [0.2, 0.25) is 0 Å². The molecule has 1 atom stereocenters. The van der Waals surface area contributed by atoms with Gasteiger partial charge in [-0.05, 0) is 30.8 Å². The molecule has 3 nitrogen and oxygen atoms in total. The standard InChI is InChI=1S/C12H16N2O/c1-3-14(4-2)12(9-13)10-6-5-7-11(15)8-10/h5-8,12,15H,3-4H2,1-2H3. The molecule has 0 aliphatic carbocycles. The summed E-state index contributed by atoms with van der Waals surface area (Å²) in [5, 5.41) is 18.5. The first-order chi connectivity index (χ1) is 7.22. The first-order valence-electron chi connectivity index (χ1n) is 5.15. The van der Waals surface area contributed by atoms with Gasteiger partial charge in [0.25, 0.3) is 0 Å². The first-order valence-corrected chi connectivity index (χ1v) is 5.15. The quantitative estimate of drug-likeness (QED) is 0.818. The van der Waals surface area contributed by atoms with Crippen molar-refractivity contribution in [2.75, 3.05) is 13.1 Å². The van der Waals surface area contributed by atoms with Crippen LogP contribution in [-0.4, -0.2) is 23.1 Å². The van der Waals surface area contributed by atoms with E-state index in [4.69, 9.17) is 5.26 Å². The van der Waals surface area contributed by atoms with Gasteiger partial charge in [-0.25, -0.2) is 0 Å². The highest BCUT2D eigenvalue weighted by molar-refractivity contribution is 5.32. The maximum Gasteiger partial charge on any atom is 0.123 e. The van der Waals surface area contributed by atoms with Gasteiger partial charge in [0.05, 0.1) is 6.07 Å². The number of phenolic OH excluding ortho intramolecular Hbond substituents is 1. The van der Waals surface area contributed by atoms with Gasteiger partial charge in [-0.3, -0.25) is 4.90 Å². The average molecular weight is 204 g/mol. The molecule has 0 saturated carbocycles. The number of hydrogen-bond acceptors (Lipinski definition) is 3. The van der Waals surface area contributed by atoms with Crippen LogP contribution in [0.4, 0.5) is 0 Å². The lowest BCUT2D eigenvalue weighted by Crippen LogP contribution is -2.27. The third-order valence-electron chi connectivity index (χ3n) is 2.49. The van der Waals surface area contributed by atoms with Crippen molar-refractivity contribution in [1.82, 2.24) is 4.90 Å². The second kappa shape index (κ2) is 5.38. The molecule has 0 aliphatic heterocycles. The van der Waals surface area contributed by atoms with E-state index in [0.29, 0.717) is 0 Å². The normalized spacial score (nSPS) is 12.4.